The first-order valence-electron chi connectivity index (χ1n) is 9.54. The van der Waals surface area contributed by atoms with E-state index in [1.807, 2.05) is 42.5 Å². The zero-order chi connectivity index (χ0) is 19.3. The summed E-state index contributed by atoms with van der Waals surface area (Å²) >= 11 is 0. The van der Waals surface area contributed by atoms with Gasteiger partial charge in [0.15, 0.2) is 0 Å². The predicted molar refractivity (Wildman–Crippen MR) is 108 cm³/mol. The Kier molecular flexibility index (Phi) is 5.39. The molecule has 0 bridgehead atoms. The van der Waals surface area contributed by atoms with E-state index >= 15 is 0 Å². The first-order chi connectivity index (χ1) is 13.7. The Bertz CT molecular complexity index is 995. The van der Waals surface area contributed by atoms with Crippen LogP contribution in [-0.4, -0.2) is 49.4 Å². The summed E-state index contributed by atoms with van der Waals surface area (Å²) in [5.41, 5.74) is 3.54. The number of amides is 2. The first-order valence-corrected chi connectivity index (χ1v) is 9.54. The SMILES string of the molecule is O=C1CN(CCCNC(=O)c2cccc(-c3ccc4occc4c3)c2)CCN1. The van der Waals surface area contributed by atoms with E-state index in [1.54, 1.807) is 6.26 Å². The average Bonchev–Trinajstić information content (AvgIpc) is 3.19. The molecule has 28 heavy (non-hydrogen) atoms. The van der Waals surface area contributed by atoms with Gasteiger partial charge in [0.1, 0.15) is 5.58 Å². The highest BCUT2D eigenvalue weighted by Gasteiger charge is 2.15. The van der Waals surface area contributed by atoms with Crippen molar-refractivity contribution in [1.82, 2.24) is 15.5 Å². The monoisotopic (exact) mass is 377 g/mol. The number of carbonyl (C=O) groups excluding carboxylic acids is 2. The molecule has 1 fully saturated rings. The number of rotatable bonds is 6. The molecular formula is C22H23N3O3. The molecule has 1 aliphatic rings. The third kappa shape index (κ3) is 4.23. The average molecular weight is 377 g/mol. The molecule has 0 atom stereocenters. The molecule has 6 nitrogen and oxygen atoms in total. The Morgan fingerprint density at radius 2 is 2.04 bits per heavy atom. The topological polar surface area (TPSA) is 74.6 Å². The highest BCUT2D eigenvalue weighted by Crippen LogP contribution is 2.25. The lowest BCUT2D eigenvalue weighted by Gasteiger charge is -2.26. The Labute approximate surface area is 163 Å². The number of piperazine rings is 1. The number of hydrogen-bond acceptors (Lipinski definition) is 4. The van der Waals surface area contributed by atoms with Gasteiger partial charge in [-0.2, -0.15) is 0 Å². The Hall–Kier alpha value is -3.12. The van der Waals surface area contributed by atoms with E-state index < -0.39 is 0 Å². The summed E-state index contributed by atoms with van der Waals surface area (Å²) < 4.78 is 5.39. The highest BCUT2D eigenvalue weighted by atomic mass is 16.3. The minimum Gasteiger partial charge on any atom is -0.464 e. The smallest absolute Gasteiger partial charge is 0.251 e. The maximum atomic E-state index is 12.5. The Morgan fingerprint density at radius 1 is 1.14 bits per heavy atom. The predicted octanol–water partition coefficient (Wildman–Crippen LogP) is 2.65. The minimum absolute atomic E-state index is 0.0701. The second-order valence-electron chi connectivity index (χ2n) is 6.99. The van der Waals surface area contributed by atoms with Crippen molar-refractivity contribution in [2.24, 2.45) is 0 Å². The van der Waals surface area contributed by atoms with Gasteiger partial charge >= 0.3 is 0 Å². The summed E-state index contributed by atoms with van der Waals surface area (Å²) in [5.74, 6) is -0.0108. The number of furan rings is 1. The van der Waals surface area contributed by atoms with Crippen LogP contribution >= 0.6 is 0 Å². The van der Waals surface area contributed by atoms with Gasteiger partial charge < -0.3 is 15.1 Å². The molecular weight excluding hydrogens is 354 g/mol. The van der Waals surface area contributed by atoms with Crippen molar-refractivity contribution in [3.63, 3.8) is 0 Å². The van der Waals surface area contributed by atoms with Gasteiger partial charge in [-0.1, -0.05) is 18.2 Å². The fraction of sp³-hybridized carbons (Fsp3) is 0.273. The van der Waals surface area contributed by atoms with Gasteiger partial charge in [0.05, 0.1) is 12.8 Å². The van der Waals surface area contributed by atoms with Gasteiger partial charge in [0.2, 0.25) is 5.91 Å². The van der Waals surface area contributed by atoms with Crippen LogP contribution in [0.3, 0.4) is 0 Å². The minimum atomic E-state index is -0.0809. The van der Waals surface area contributed by atoms with Gasteiger partial charge in [-0.25, -0.2) is 0 Å². The number of nitrogens with zero attached hydrogens (tertiary/aromatic N) is 1. The molecule has 0 spiro atoms. The van der Waals surface area contributed by atoms with Crippen molar-refractivity contribution in [3.8, 4) is 11.1 Å². The molecule has 2 amide bonds. The summed E-state index contributed by atoms with van der Waals surface area (Å²) in [6.07, 6.45) is 2.49. The number of nitrogens with one attached hydrogen (secondary N) is 2. The summed E-state index contributed by atoms with van der Waals surface area (Å²) in [4.78, 5) is 26.0. The Morgan fingerprint density at radius 3 is 2.93 bits per heavy atom. The fourth-order valence-corrected chi connectivity index (χ4v) is 3.48. The molecule has 1 saturated heterocycles. The standard InChI is InChI=1S/C22H23N3O3/c26-21-15-25(11-9-23-21)10-2-8-24-22(27)19-4-1-3-16(14-19)17-5-6-20-18(13-17)7-12-28-20/h1,3-7,12-14H,2,8-11,15H2,(H,23,26)(H,24,27). The van der Waals surface area contributed by atoms with Gasteiger partial charge in [0.25, 0.3) is 5.91 Å². The van der Waals surface area contributed by atoms with Crippen molar-refractivity contribution in [1.29, 1.82) is 0 Å². The van der Waals surface area contributed by atoms with Crippen LogP contribution in [0.5, 0.6) is 0 Å². The maximum absolute atomic E-state index is 12.5. The van der Waals surface area contributed by atoms with E-state index in [1.165, 1.54) is 0 Å². The number of fused-ring (bicyclic) bond motifs is 1. The van der Waals surface area contributed by atoms with Gasteiger partial charge in [-0.15, -0.1) is 0 Å². The van der Waals surface area contributed by atoms with Crippen LogP contribution in [0.15, 0.2) is 59.2 Å². The first kappa shape index (κ1) is 18.3. The maximum Gasteiger partial charge on any atom is 0.251 e. The highest BCUT2D eigenvalue weighted by molar-refractivity contribution is 5.95. The van der Waals surface area contributed by atoms with E-state index in [0.29, 0.717) is 25.2 Å². The summed E-state index contributed by atoms with van der Waals surface area (Å²) in [6.45, 7) is 3.39. The lowest BCUT2D eigenvalue weighted by atomic mass is 10.0. The molecule has 0 aliphatic carbocycles. The molecule has 1 aromatic heterocycles. The molecule has 3 aromatic rings. The van der Waals surface area contributed by atoms with Crippen LogP contribution in [0, 0.1) is 0 Å². The summed E-state index contributed by atoms with van der Waals surface area (Å²) in [5, 5.41) is 6.83. The van der Waals surface area contributed by atoms with Crippen LogP contribution in [0.25, 0.3) is 22.1 Å². The van der Waals surface area contributed by atoms with E-state index in [4.69, 9.17) is 4.42 Å². The second-order valence-corrected chi connectivity index (χ2v) is 6.99. The van der Waals surface area contributed by atoms with Crippen molar-refractivity contribution in [3.05, 3.63) is 60.4 Å². The second kappa shape index (κ2) is 8.27. The van der Waals surface area contributed by atoms with Crippen LogP contribution in [0.2, 0.25) is 0 Å². The van der Waals surface area contributed by atoms with Crippen LogP contribution in [0.1, 0.15) is 16.8 Å². The van der Waals surface area contributed by atoms with Crippen molar-refractivity contribution < 1.29 is 14.0 Å². The quantitative estimate of drug-likeness (QED) is 0.648. The summed E-state index contributed by atoms with van der Waals surface area (Å²) in [7, 11) is 0. The molecule has 1 aliphatic heterocycles. The molecule has 6 heteroatoms. The van der Waals surface area contributed by atoms with Gasteiger partial charge in [0, 0.05) is 37.1 Å². The number of hydrogen-bond donors (Lipinski definition) is 2. The van der Waals surface area contributed by atoms with Crippen LogP contribution in [-0.2, 0) is 4.79 Å². The molecule has 2 N–H and O–H groups in total. The molecule has 0 unspecified atom stereocenters. The van der Waals surface area contributed by atoms with Gasteiger partial charge in [-0.3, -0.25) is 14.5 Å². The van der Waals surface area contributed by atoms with Crippen molar-refractivity contribution in [2.75, 3.05) is 32.7 Å². The van der Waals surface area contributed by atoms with E-state index in [2.05, 4.69) is 21.6 Å². The molecule has 2 heterocycles. The lowest BCUT2D eigenvalue weighted by molar-refractivity contribution is -0.124. The van der Waals surface area contributed by atoms with Crippen molar-refractivity contribution in [2.45, 2.75) is 6.42 Å². The third-order valence-electron chi connectivity index (χ3n) is 4.96. The van der Waals surface area contributed by atoms with Crippen molar-refractivity contribution >= 4 is 22.8 Å². The van der Waals surface area contributed by atoms with Crippen LogP contribution < -0.4 is 10.6 Å². The molecule has 2 aromatic carbocycles. The fourth-order valence-electron chi connectivity index (χ4n) is 3.48. The third-order valence-corrected chi connectivity index (χ3v) is 4.96. The van der Waals surface area contributed by atoms with E-state index in [0.717, 1.165) is 41.6 Å². The van der Waals surface area contributed by atoms with E-state index in [-0.39, 0.29) is 11.8 Å². The van der Waals surface area contributed by atoms with Crippen LogP contribution in [0.4, 0.5) is 0 Å². The molecule has 4 rings (SSSR count). The van der Waals surface area contributed by atoms with E-state index in [9.17, 15) is 9.59 Å². The summed E-state index contributed by atoms with van der Waals surface area (Å²) in [6, 6.07) is 15.6. The molecule has 144 valence electrons. The normalized spacial score (nSPS) is 14.8. The molecule has 0 radical (unpaired) electrons. The largest absolute Gasteiger partial charge is 0.464 e. The number of carbonyl (C=O) groups is 2. The number of benzene rings is 2. The Balaban J connectivity index is 1.34. The molecule has 0 saturated carbocycles. The zero-order valence-corrected chi connectivity index (χ0v) is 15.6. The van der Waals surface area contributed by atoms with Gasteiger partial charge in [-0.05, 0) is 47.9 Å². The zero-order valence-electron chi connectivity index (χ0n) is 15.6. The lowest BCUT2D eigenvalue weighted by Crippen LogP contribution is -2.48.